The number of nitrogens with zero attached hydrogens (tertiary/aromatic N) is 1. The molecule has 0 spiro atoms. The molecule has 4 nitrogen and oxygen atoms in total. The van der Waals surface area contributed by atoms with Crippen molar-refractivity contribution >= 4 is 15.7 Å². The van der Waals surface area contributed by atoms with Gasteiger partial charge in [0, 0.05) is 25.3 Å². The van der Waals surface area contributed by atoms with Crippen LogP contribution >= 0.6 is 0 Å². The molecule has 1 aliphatic carbocycles. The lowest BCUT2D eigenvalue weighted by Crippen LogP contribution is -2.33. The maximum atomic E-state index is 12.9. The Morgan fingerprint density at radius 3 is 2.86 bits per heavy atom. The fourth-order valence-corrected chi connectivity index (χ4v) is 4.57. The number of benzene rings is 1. The second-order valence-electron chi connectivity index (χ2n) is 6.16. The van der Waals surface area contributed by atoms with E-state index in [0.29, 0.717) is 23.9 Å². The summed E-state index contributed by atoms with van der Waals surface area (Å²) in [7, 11) is -3.35. The number of nitrogens with one attached hydrogen (secondary N) is 1. The zero-order chi connectivity index (χ0) is 14.9. The Hall–Kier alpha value is -1.07. The van der Waals surface area contributed by atoms with Gasteiger partial charge in [0.1, 0.15) is 0 Å². The molecule has 1 N–H and O–H groups in total. The number of fused-ring (bicyclic) bond motifs is 1. The normalized spacial score (nSPS) is 18.4. The largest absolute Gasteiger partial charge is 0.385 e. The van der Waals surface area contributed by atoms with Crippen molar-refractivity contribution in [2.24, 2.45) is 5.92 Å². The molecule has 2 aliphatic rings. The van der Waals surface area contributed by atoms with Crippen molar-refractivity contribution in [3.05, 3.63) is 23.8 Å². The van der Waals surface area contributed by atoms with Gasteiger partial charge < -0.3 is 5.32 Å². The molecule has 1 saturated carbocycles. The molecule has 1 aliphatic heterocycles. The third-order valence-corrected chi connectivity index (χ3v) is 6.15. The maximum absolute atomic E-state index is 12.9. The zero-order valence-corrected chi connectivity index (χ0v) is 13.5. The van der Waals surface area contributed by atoms with Crippen molar-refractivity contribution < 1.29 is 8.42 Å². The quantitative estimate of drug-likeness (QED) is 0.879. The summed E-state index contributed by atoms with van der Waals surface area (Å²) >= 11 is 0. The molecule has 1 heterocycles. The van der Waals surface area contributed by atoms with E-state index in [1.807, 2.05) is 19.1 Å². The first-order valence-electron chi connectivity index (χ1n) is 7.98. The van der Waals surface area contributed by atoms with Crippen molar-refractivity contribution in [3.8, 4) is 0 Å². The Bertz CT molecular complexity index is 609. The van der Waals surface area contributed by atoms with Crippen LogP contribution in [-0.4, -0.2) is 32.4 Å². The highest BCUT2D eigenvalue weighted by atomic mass is 32.2. The zero-order valence-electron chi connectivity index (χ0n) is 12.6. The molecule has 0 atom stereocenters. The molecule has 21 heavy (non-hydrogen) atoms. The van der Waals surface area contributed by atoms with Crippen molar-refractivity contribution in [2.45, 2.75) is 43.9 Å². The van der Waals surface area contributed by atoms with Gasteiger partial charge >= 0.3 is 0 Å². The van der Waals surface area contributed by atoms with Crippen molar-refractivity contribution in [3.63, 3.8) is 0 Å². The monoisotopic (exact) mass is 308 g/mol. The fraction of sp³-hybridized carbons (Fsp3) is 0.625. The molecule has 0 radical (unpaired) electrons. The summed E-state index contributed by atoms with van der Waals surface area (Å²) in [6.45, 7) is 4.31. The van der Waals surface area contributed by atoms with Gasteiger partial charge in [-0.05, 0) is 61.8 Å². The number of aryl methyl sites for hydroxylation is 1. The van der Waals surface area contributed by atoms with Crippen LogP contribution in [0.5, 0.6) is 0 Å². The van der Waals surface area contributed by atoms with Gasteiger partial charge in [0.2, 0.25) is 10.0 Å². The highest BCUT2D eigenvalue weighted by Crippen LogP contribution is 2.32. The standard InChI is InChI=1S/C16H24N2O2S/c1-2-10-18(12-13-5-6-13)21(19,20)15-7-8-16-14(11-15)4-3-9-17-16/h7-8,11,13,17H,2-6,9-10,12H2,1H3. The summed E-state index contributed by atoms with van der Waals surface area (Å²) in [5, 5.41) is 3.33. The van der Waals surface area contributed by atoms with Crippen molar-refractivity contribution in [1.29, 1.82) is 0 Å². The fourth-order valence-electron chi connectivity index (χ4n) is 2.91. The SMILES string of the molecule is CCCN(CC1CC1)S(=O)(=O)c1ccc2c(c1)CCCN2. The first-order chi connectivity index (χ1) is 10.1. The third kappa shape index (κ3) is 3.24. The predicted molar refractivity (Wildman–Crippen MR) is 85.0 cm³/mol. The van der Waals surface area contributed by atoms with Crippen molar-refractivity contribution in [1.82, 2.24) is 4.31 Å². The average Bonchev–Trinajstić information content (AvgIpc) is 3.30. The lowest BCUT2D eigenvalue weighted by molar-refractivity contribution is 0.395. The highest BCUT2D eigenvalue weighted by Gasteiger charge is 2.31. The van der Waals surface area contributed by atoms with Gasteiger partial charge in [0.15, 0.2) is 0 Å². The molecule has 1 aromatic carbocycles. The molecule has 3 rings (SSSR count). The molecule has 1 fully saturated rings. The van der Waals surface area contributed by atoms with E-state index in [1.54, 1.807) is 10.4 Å². The summed E-state index contributed by atoms with van der Waals surface area (Å²) in [5.74, 6) is 0.575. The summed E-state index contributed by atoms with van der Waals surface area (Å²) in [6, 6.07) is 5.54. The number of anilines is 1. The van der Waals surface area contributed by atoms with Crippen LogP contribution in [0.25, 0.3) is 0 Å². The lowest BCUT2D eigenvalue weighted by atomic mass is 10.0. The molecule has 1 aromatic rings. The second kappa shape index (κ2) is 5.97. The minimum absolute atomic E-state index is 0.457. The smallest absolute Gasteiger partial charge is 0.243 e. The first kappa shape index (κ1) is 14.9. The van der Waals surface area contributed by atoms with Crippen LogP contribution in [0.2, 0.25) is 0 Å². The lowest BCUT2D eigenvalue weighted by Gasteiger charge is -2.23. The molecular formula is C16H24N2O2S. The molecule has 0 aromatic heterocycles. The van der Waals surface area contributed by atoms with Crippen LogP contribution in [0.3, 0.4) is 0 Å². The molecule has 0 unspecified atom stereocenters. The van der Waals surface area contributed by atoms with Gasteiger partial charge in [0.05, 0.1) is 4.90 Å². The molecule has 116 valence electrons. The molecule has 0 bridgehead atoms. The third-order valence-electron chi connectivity index (χ3n) is 4.28. The van der Waals surface area contributed by atoms with E-state index < -0.39 is 10.0 Å². The van der Waals surface area contributed by atoms with Gasteiger partial charge in [-0.1, -0.05) is 6.92 Å². The van der Waals surface area contributed by atoms with E-state index in [9.17, 15) is 8.42 Å². The van der Waals surface area contributed by atoms with Crippen LogP contribution in [0.1, 0.15) is 38.2 Å². The molecular weight excluding hydrogens is 284 g/mol. The van der Waals surface area contributed by atoms with Crippen LogP contribution in [0.4, 0.5) is 5.69 Å². The highest BCUT2D eigenvalue weighted by molar-refractivity contribution is 7.89. The molecule has 5 heteroatoms. The van der Waals surface area contributed by atoms with E-state index in [1.165, 1.54) is 12.8 Å². The first-order valence-corrected chi connectivity index (χ1v) is 9.42. The minimum Gasteiger partial charge on any atom is -0.385 e. The van der Waals surface area contributed by atoms with Gasteiger partial charge in [-0.3, -0.25) is 0 Å². The van der Waals surface area contributed by atoms with Crippen LogP contribution in [0, 0.1) is 5.92 Å². The topological polar surface area (TPSA) is 49.4 Å². The number of rotatable bonds is 6. The number of hydrogen-bond donors (Lipinski definition) is 1. The van der Waals surface area contributed by atoms with E-state index in [-0.39, 0.29) is 0 Å². The van der Waals surface area contributed by atoms with Crippen LogP contribution in [-0.2, 0) is 16.4 Å². The summed E-state index contributed by atoms with van der Waals surface area (Å²) in [5.41, 5.74) is 2.22. The molecule has 0 saturated heterocycles. The van der Waals surface area contributed by atoms with Gasteiger partial charge in [-0.25, -0.2) is 8.42 Å². The number of hydrogen-bond acceptors (Lipinski definition) is 3. The summed E-state index contributed by atoms with van der Waals surface area (Å²) in [4.78, 5) is 0.457. The summed E-state index contributed by atoms with van der Waals surface area (Å²) in [6.07, 6.45) is 5.23. The van der Waals surface area contributed by atoms with Gasteiger partial charge in [-0.15, -0.1) is 0 Å². The van der Waals surface area contributed by atoms with E-state index in [4.69, 9.17) is 0 Å². The van der Waals surface area contributed by atoms with E-state index >= 15 is 0 Å². The summed E-state index contributed by atoms with van der Waals surface area (Å²) < 4.78 is 27.4. The van der Waals surface area contributed by atoms with Gasteiger partial charge in [0.25, 0.3) is 0 Å². The van der Waals surface area contributed by atoms with E-state index in [2.05, 4.69) is 5.32 Å². The van der Waals surface area contributed by atoms with E-state index in [0.717, 1.165) is 37.1 Å². The Balaban J connectivity index is 1.88. The maximum Gasteiger partial charge on any atom is 0.243 e. The van der Waals surface area contributed by atoms with Crippen molar-refractivity contribution in [2.75, 3.05) is 25.0 Å². The predicted octanol–water partition coefficient (Wildman–Crippen LogP) is 2.86. The van der Waals surface area contributed by atoms with Crippen LogP contribution in [0.15, 0.2) is 23.1 Å². The minimum atomic E-state index is -3.35. The number of sulfonamides is 1. The average molecular weight is 308 g/mol. The Kier molecular flexibility index (Phi) is 4.22. The Labute approximate surface area is 127 Å². The Morgan fingerprint density at radius 2 is 2.14 bits per heavy atom. The second-order valence-corrected chi connectivity index (χ2v) is 8.09. The van der Waals surface area contributed by atoms with Crippen LogP contribution < -0.4 is 5.32 Å². The molecule has 0 amide bonds. The Morgan fingerprint density at radius 1 is 1.33 bits per heavy atom. The van der Waals surface area contributed by atoms with Gasteiger partial charge in [-0.2, -0.15) is 4.31 Å².